The Kier molecular flexibility index (Phi) is 6.09. The highest BCUT2D eigenvalue weighted by Crippen LogP contribution is 2.18. The first-order valence-electron chi connectivity index (χ1n) is 7.57. The van der Waals surface area contributed by atoms with Crippen molar-refractivity contribution >= 4 is 16.0 Å². The molecule has 1 fully saturated rings. The number of halogens is 1. The number of rotatable bonds is 5. The number of carbonyl (C=O) groups is 1. The van der Waals surface area contributed by atoms with Crippen molar-refractivity contribution < 1.29 is 22.3 Å². The van der Waals surface area contributed by atoms with Crippen molar-refractivity contribution in [2.75, 3.05) is 39.3 Å². The average Bonchev–Trinajstić information content (AvgIpc) is 2.74. The molecule has 1 saturated heterocycles. The molecule has 6 nitrogen and oxygen atoms in total. The molecule has 1 aromatic carbocycles. The van der Waals surface area contributed by atoms with Gasteiger partial charge in [0.1, 0.15) is 5.82 Å². The summed E-state index contributed by atoms with van der Waals surface area (Å²) in [6.45, 7) is 4.00. The van der Waals surface area contributed by atoms with Crippen LogP contribution in [0.1, 0.15) is 13.3 Å². The highest BCUT2D eigenvalue weighted by atomic mass is 32.2. The Morgan fingerprint density at radius 1 is 1.17 bits per heavy atom. The van der Waals surface area contributed by atoms with Crippen LogP contribution in [0, 0.1) is 5.82 Å². The zero-order valence-corrected chi connectivity index (χ0v) is 13.9. The van der Waals surface area contributed by atoms with Crippen molar-refractivity contribution in [1.29, 1.82) is 0 Å². The third-order valence-electron chi connectivity index (χ3n) is 3.66. The van der Waals surface area contributed by atoms with E-state index in [1.807, 2.05) is 4.90 Å². The lowest BCUT2D eigenvalue weighted by molar-refractivity contribution is -0.144. The zero-order valence-electron chi connectivity index (χ0n) is 13.1. The fourth-order valence-electron chi connectivity index (χ4n) is 2.49. The second kappa shape index (κ2) is 7.85. The van der Waals surface area contributed by atoms with Gasteiger partial charge in [0.15, 0.2) is 0 Å². The summed E-state index contributed by atoms with van der Waals surface area (Å²) in [6, 6.07) is 4.81. The van der Waals surface area contributed by atoms with E-state index in [4.69, 9.17) is 4.74 Å². The van der Waals surface area contributed by atoms with Crippen molar-refractivity contribution in [1.82, 2.24) is 9.21 Å². The van der Waals surface area contributed by atoms with Crippen LogP contribution in [-0.4, -0.2) is 62.9 Å². The van der Waals surface area contributed by atoms with Crippen LogP contribution in [0.15, 0.2) is 29.2 Å². The molecule has 1 aliphatic rings. The molecule has 1 heterocycles. The third-order valence-corrected chi connectivity index (χ3v) is 5.57. The zero-order chi connectivity index (χ0) is 16.9. The number of benzene rings is 1. The Labute approximate surface area is 135 Å². The topological polar surface area (TPSA) is 66.9 Å². The predicted molar refractivity (Wildman–Crippen MR) is 82.8 cm³/mol. The van der Waals surface area contributed by atoms with Crippen LogP contribution >= 0.6 is 0 Å². The molecule has 0 aliphatic carbocycles. The second-order valence-electron chi connectivity index (χ2n) is 5.29. The average molecular weight is 344 g/mol. The van der Waals surface area contributed by atoms with Crippen LogP contribution in [-0.2, 0) is 19.6 Å². The van der Waals surface area contributed by atoms with Gasteiger partial charge in [0.25, 0.3) is 0 Å². The summed E-state index contributed by atoms with van der Waals surface area (Å²) in [5, 5.41) is 0. The normalized spacial score (nSPS) is 17.7. The summed E-state index contributed by atoms with van der Waals surface area (Å²) < 4.78 is 44.4. The molecule has 0 spiro atoms. The van der Waals surface area contributed by atoms with Gasteiger partial charge in [-0.1, -0.05) is 0 Å². The Morgan fingerprint density at radius 3 is 2.52 bits per heavy atom. The van der Waals surface area contributed by atoms with Gasteiger partial charge in [-0.2, -0.15) is 4.31 Å². The molecule has 8 heteroatoms. The minimum absolute atomic E-state index is 0.0812. The van der Waals surface area contributed by atoms with Crippen molar-refractivity contribution in [3.8, 4) is 0 Å². The fourth-order valence-corrected chi connectivity index (χ4v) is 3.96. The Morgan fingerprint density at radius 2 is 1.87 bits per heavy atom. The van der Waals surface area contributed by atoms with E-state index >= 15 is 0 Å². The van der Waals surface area contributed by atoms with Crippen LogP contribution in [0.3, 0.4) is 0 Å². The van der Waals surface area contributed by atoms with Crippen molar-refractivity contribution in [3.05, 3.63) is 30.1 Å². The maximum atomic E-state index is 13.0. The standard InChI is InChI=1S/C15H21FN2O4S/c1-2-22-15(19)12-17-8-3-9-18(11-10-17)23(20,21)14-6-4-13(16)5-7-14/h4-7H,2-3,8-12H2,1H3. The molecule has 1 aliphatic heterocycles. The second-order valence-corrected chi connectivity index (χ2v) is 7.23. The number of esters is 1. The van der Waals surface area contributed by atoms with Crippen molar-refractivity contribution in [2.24, 2.45) is 0 Å². The minimum atomic E-state index is -3.64. The first-order chi connectivity index (χ1) is 10.9. The van der Waals surface area contributed by atoms with Crippen LogP contribution in [0.5, 0.6) is 0 Å². The van der Waals surface area contributed by atoms with Gasteiger partial charge in [0.05, 0.1) is 18.0 Å². The lowest BCUT2D eigenvalue weighted by atomic mass is 10.4. The van der Waals surface area contributed by atoms with Crippen LogP contribution in [0.2, 0.25) is 0 Å². The summed E-state index contributed by atoms with van der Waals surface area (Å²) >= 11 is 0. The molecular formula is C15H21FN2O4S. The van der Waals surface area contributed by atoms with E-state index < -0.39 is 15.8 Å². The first-order valence-corrected chi connectivity index (χ1v) is 9.01. The highest BCUT2D eigenvalue weighted by molar-refractivity contribution is 7.89. The number of hydrogen-bond donors (Lipinski definition) is 0. The summed E-state index contributed by atoms with van der Waals surface area (Å²) in [6.07, 6.45) is 0.625. The van der Waals surface area contributed by atoms with E-state index in [1.165, 1.54) is 16.4 Å². The van der Waals surface area contributed by atoms with E-state index in [0.717, 1.165) is 12.1 Å². The summed E-state index contributed by atoms with van der Waals surface area (Å²) in [7, 11) is -3.64. The van der Waals surface area contributed by atoms with E-state index in [2.05, 4.69) is 0 Å². The molecule has 0 saturated carbocycles. The van der Waals surface area contributed by atoms with Crippen LogP contribution < -0.4 is 0 Å². The molecule has 0 unspecified atom stereocenters. The molecule has 128 valence electrons. The molecule has 23 heavy (non-hydrogen) atoms. The first kappa shape index (κ1) is 17.8. The molecule has 1 aromatic rings. The van der Waals surface area contributed by atoms with E-state index in [0.29, 0.717) is 39.2 Å². The van der Waals surface area contributed by atoms with Gasteiger partial charge in [0, 0.05) is 26.2 Å². The summed E-state index contributed by atoms with van der Waals surface area (Å²) in [4.78, 5) is 13.5. The highest BCUT2D eigenvalue weighted by Gasteiger charge is 2.27. The van der Waals surface area contributed by atoms with Crippen molar-refractivity contribution in [3.63, 3.8) is 0 Å². The van der Waals surface area contributed by atoms with Gasteiger partial charge in [0.2, 0.25) is 10.0 Å². The minimum Gasteiger partial charge on any atom is -0.465 e. The quantitative estimate of drug-likeness (QED) is 0.748. The largest absolute Gasteiger partial charge is 0.465 e. The maximum Gasteiger partial charge on any atom is 0.320 e. The molecule has 2 rings (SSSR count). The Bertz CT molecular complexity index is 633. The molecule has 0 atom stereocenters. The number of hydrogen-bond acceptors (Lipinski definition) is 5. The molecule has 0 amide bonds. The number of nitrogens with zero attached hydrogens (tertiary/aromatic N) is 2. The number of sulfonamides is 1. The molecule has 0 radical (unpaired) electrons. The van der Waals surface area contributed by atoms with Gasteiger partial charge < -0.3 is 4.74 Å². The Hall–Kier alpha value is -1.51. The van der Waals surface area contributed by atoms with Crippen molar-refractivity contribution in [2.45, 2.75) is 18.2 Å². The summed E-state index contributed by atoms with van der Waals surface area (Å²) in [5.41, 5.74) is 0. The SMILES string of the molecule is CCOC(=O)CN1CCCN(S(=O)(=O)c2ccc(F)cc2)CC1. The van der Waals surface area contributed by atoms with Gasteiger partial charge in [-0.25, -0.2) is 12.8 Å². The monoisotopic (exact) mass is 344 g/mol. The molecule has 0 bridgehead atoms. The third kappa shape index (κ3) is 4.73. The lowest BCUT2D eigenvalue weighted by Crippen LogP contribution is -2.37. The van der Waals surface area contributed by atoms with Crippen LogP contribution in [0.25, 0.3) is 0 Å². The van der Waals surface area contributed by atoms with E-state index in [-0.39, 0.29) is 17.4 Å². The predicted octanol–water partition coefficient (Wildman–Crippen LogP) is 1.09. The summed E-state index contributed by atoms with van der Waals surface area (Å²) in [5.74, 6) is -0.775. The molecule has 0 aromatic heterocycles. The van der Waals surface area contributed by atoms with Crippen LogP contribution in [0.4, 0.5) is 4.39 Å². The fraction of sp³-hybridized carbons (Fsp3) is 0.533. The smallest absolute Gasteiger partial charge is 0.320 e. The molecule has 0 N–H and O–H groups in total. The van der Waals surface area contributed by atoms with E-state index in [9.17, 15) is 17.6 Å². The number of carbonyl (C=O) groups excluding carboxylic acids is 1. The van der Waals surface area contributed by atoms with E-state index in [1.54, 1.807) is 6.92 Å². The molecular weight excluding hydrogens is 323 g/mol. The number of ether oxygens (including phenoxy) is 1. The van der Waals surface area contributed by atoms with Gasteiger partial charge in [-0.3, -0.25) is 9.69 Å². The maximum absolute atomic E-state index is 13.0. The van der Waals surface area contributed by atoms with Gasteiger partial charge in [-0.15, -0.1) is 0 Å². The van der Waals surface area contributed by atoms with Gasteiger partial charge in [-0.05, 0) is 37.6 Å². The lowest BCUT2D eigenvalue weighted by Gasteiger charge is -2.21. The Balaban J connectivity index is 2.02. The van der Waals surface area contributed by atoms with Gasteiger partial charge >= 0.3 is 5.97 Å².